The number of aromatic hydroxyl groups is 1. The summed E-state index contributed by atoms with van der Waals surface area (Å²) in [6.45, 7) is 1.96. The maximum atomic E-state index is 11.8. The molecule has 0 aliphatic heterocycles. The summed E-state index contributed by atoms with van der Waals surface area (Å²) < 4.78 is 6.64. The van der Waals surface area contributed by atoms with Gasteiger partial charge in [0.1, 0.15) is 11.4 Å². The molecule has 1 N–H and O–H groups in total. The molecule has 3 rings (SSSR count). The summed E-state index contributed by atoms with van der Waals surface area (Å²) in [5, 5.41) is 10.5. The molecule has 22 heavy (non-hydrogen) atoms. The lowest BCUT2D eigenvalue weighted by Gasteiger charge is -2.08. The number of hydrogen-bond donors (Lipinski definition) is 1. The average molecular weight is 295 g/mol. The van der Waals surface area contributed by atoms with E-state index in [1.165, 1.54) is 7.11 Å². The predicted molar refractivity (Wildman–Crippen MR) is 86.1 cm³/mol. The second-order valence-corrected chi connectivity index (χ2v) is 5.35. The van der Waals surface area contributed by atoms with E-state index in [2.05, 4.69) is 0 Å². The zero-order valence-corrected chi connectivity index (χ0v) is 12.8. The third-order valence-corrected chi connectivity index (χ3v) is 3.96. The Bertz CT molecular complexity index is 877. The summed E-state index contributed by atoms with van der Waals surface area (Å²) >= 11 is 0. The van der Waals surface area contributed by atoms with Crippen LogP contribution in [0.5, 0.6) is 5.75 Å². The van der Waals surface area contributed by atoms with Gasteiger partial charge in [0.05, 0.1) is 7.11 Å². The van der Waals surface area contributed by atoms with Gasteiger partial charge in [-0.3, -0.25) is 0 Å². The number of ether oxygens (including phenoxy) is 1. The maximum absolute atomic E-state index is 11.8. The number of aryl methyl sites for hydroxylation is 2. The van der Waals surface area contributed by atoms with E-state index in [0.29, 0.717) is 5.69 Å². The molecule has 3 aromatic rings. The number of rotatable bonds is 2. The first-order chi connectivity index (χ1) is 10.5. The number of aromatic nitrogens is 1. The van der Waals surface area contributed by atoms with Crippen LogP contribution in [0.4, 0.5) is 0 Å². The highest BCUT2D eigenvalue weighted by molar-refractivity contribution is 5.96. The fourth-order valence-corrected chi connectivity index (χ4v) is 2.77. The number of methoxy groups -OCH3 is 1. The van der Waals surface area contributed by atoms with Crippen LogP contribution in [0.2, 0.25) is 0 Å². The minimum atomic E-state index is -0.346. The molecule has 112 valence electrons. The third-order valence-electron chi connectivity index (χ3n) is 3.96. The molecule has 1 heterocycles. The summed E-state index contributed by atoms with van der Waals surface area (Å²) in [5.74, 6) is -0.0877. The van der Waals surface area contributed by atoms with Crippen LogP contribution in [0.1, 0.15) is 16.1 Å². The van der Waals surface area contributed by atoms with Crippen LogP contribution in [0, 0.1) is 6.92 Å². The van der Waals surface area contributed by atoms with Gasteiger partial charge >= 0.3 is 5.97 Å². The van der Waals surface area contributed by atoms with Crippen molar-refractivity contribution in [3.8, 4) is 16.9 Å². The molecule has 1 aromatic heterocycles. The Morgan fingerprint density at radius 1 is 1.14 bits per heavy atom. The summed E-state index contributed by atoms with van der Waals surface area (Å²) in [4.78, 5) is 11.8. The number of benzene rings is 2. The van der Waals surface area contributed by atoms with E-state index in [-0.39, 0.29) is 11.7 Å². The number of phenols is 1. The molecular formula is C18H17NO3. The van der Waals surface area contributed by atoms with Crippen molar-refractivity contribution in [3.05, 3.63) is 53.7 Å². The van der Waals surface area contributed by atoms with Gasteiger partial charge in [-0.2, -0.15) is 0 Å². The number of phenolic OH excluding ortho intramolecular Hbond substituents is 1. The van der Waals surface area contributed by atoms with Gasteiger partial charge < -0.3 is 14.4 Å². The minimum absolute atomic E-state index is 0.258. The van der Waals surface area contributed by atoms with Crippen molar-refractivity contribution in [2.24, 2.45) is 7.05 Å². The number of hydrogen-bond acceptors (Lipinski definition) is 3. The van der Waals surface area contributed by atoms with E-state index in [1.807, 2.05) is 48.9 Å². The predicted octanol–water partition coefficient (Wildman–Crippen LogP) is 3.65. The monoisotopic (exact) mass is 295 g/mol. The molecule has 2 aromatic carbocycles. The Morgan fingerprint density at radius 2 is 1.91 bits per heavy atom. The largest absolute Gasteiger partial charge is 0.508 e. The van der Waals surface area contributed by atoms with Crippen LogP contribution in [-0.2, 0) is 11.8 Å². The van der Waals surface area contributed by atoms with Crippen LogP contribution >= 0.6 is 0 Å². The maximum Gasteiger partial charge on any atom is 0.354 e. The van der Waals surface area contributed by atoms with Gasteiger partial charge in [0.2, 0.25) is 0 Å². The summed E-state index contributed by atoms with van der Waals surface area (Å²) in [6.07, 6.45) is 0. The van der Waals surface area contributed by atoms with E-state index < -0.39 is 0 Å². The normalized spacial score (nSPS) is 10.9. The van der Waals surface area contributed by atoms with Gasteiger partial charge in [0, 0.05) is 18.0 Å². The fraction of sp³-hybridized carbons (Fsp3) is 0.167. The SMILES string of the molecule is COC(=O)c1cc2ccc(-c3ccc(O)cc3C)cc2n1C. The van der Waals surface area contributed by atoms with E-state index in [0.717, 1.165) is 27.6 Å². The smallest absolute Gasteiger partial charge is 0.354 e. The molecule has 0 amide bonds. The van der Waals surface area contributed by atoms with Crippen molar-refractivity contribution < 1.29 is 14.6 Å². The van der Waals surface area contributed by atoms with Crippen molar-refractivity contribution >= 4 is 16.9 Å². The lowest BCUT2D eigenvalue weighted by Crippen LogP contribution is -2.06. The van der Waals surface area contributed by atoms with Gasteiger partial charge in [0.25, 0.3) is 0 Å². The molecule has 4 nitrogen and oxygen atoms in total. The van der Waals surface area contributed by atoms with Crippen LogP contribution < -0.4 is 0 Å². The lowest BCUT2D eigenvalue weighted by molar-refractivity contribution is 0.0590. The highest BCUT2D eigenvalue weighted by atomic mass is 16.5. The number of esters is 1. The Morgan fingerprint density at radius 3 is 2.59 bits per heavy atom. The molecule has 0 fully saturated rings. The van der Waals surface area contributed by atoms with Gasteiger partial charge in [-0.1, -0.05) is 18.2 Å². The first-order valence-electron chi connectivity index (χ1n) is 6.99. The number of carbonyl (C=O) groups excluding carboxylic acids is 1. The van der Waals surface area contributed by atoms with Crippen LogP contribution in [-0.4, -0.2) is 22.8 Å². The van der Waals surface area contributed by atoms with Gasteiger partial charge in [-0.25, -0.2) is 4.79 Å². The zero-order chi connectivity index (χ0) is 15.9. The van der Waals surface area contributed by atoms with E-state index >= 15 is 0 Å². The summed E-state index contributed by atoms with van der Waals surface area (Å²) in [6, 6.07) is 13.2. The highest BCUT2D eigenvalue weighted by Crippen LogP contribution is 2.30. The number of fused-ring (bicyclic) bond motifs is 1. The topological polar surface area (TPSA) is 51.5 Å². The Hall–Kier alpha value is -2.75. The summed E-state index contributed by atoms with van der Waals surface area (Å²) in [7, 11) is 3.23. The van der Waals surface area contributed by atoms with Gasteiger partial charge in [-0.05, 0) is 47.9 Å². The van der Waals surface area contributed by atoms with Crippen molar-refractivity contribution in [2.45, 2.75) is 6.92 Å². The van der Waals surface area contributed by atoms with Crippen molar-refractivity contribution in [1.82, 2.24) is 4.57 Å². The van der Waals surface area contributed by atoms with Crippen LogP contribution in [0.3, 0.4) is 0 Å². The van der Waals surface area contributed by atoms with Gasteiger partial charge in [0.15, 0.2) is 0 Å². The Kier molecular flexibility index (Phi) is 3.37. The standard InChI is InChI=1S/C18H17NO3/c1-11-8-14(20)6-7-15(11)12-4-5-13-10-17(18(21)22-3)19(2)16(13)9-12/h4-10,20H,1-3H3. The molecule has 0 atom stereocenters. The second kappa shape index (κ2) is 5.22. The van der Waals surface area contributed by atoms with Gasteiger partial charge in [-0.15, -0.1) is 0 Å². The molecule has 0 spiro atoms. The molecule has 4 heteroatoms. The minimum Gasteiger partial charge on any atom is -0.508 e. The van der Waals surface area contributed by atoms with Crippen molar-refractivity contribution in [1.29, 1.82) is 0 Å². The first kappa shape index (κ1) is 14.2. The molecule has 0 saturated heterocycles. The molecular weight excluding hydrogens is 278 g/mol. The zero-order valence-electron chi connectivity index (χ0n) is 12.8. The van der Waals surface area contributed by atoms with Crippen molar-refractivity contribution in [3.63, 3.8) is 0 Å². The van der Waals surface area contributed by atoms with E-state index in [4.69, 9.17) is 4.74 Å². The number of nitrogens with zero attached hydrogens (tertiary/aromatic N) is 1. The summed E-state index contributed by atoms with van der Waals surface area (Å²) in [5.41, 5.74) is 4.59. The fourth-order valence-electron chi connectivity index (χ4n) is 2.77. The Labute approximate surface area is 128 Å². The first-order valence-corrected chi connectivity index (χ1v) is 6.99. The second-order valence-electron chi connectivity index (χ2n) is 5.35. The molecule has 0 aliphatic carbocycles. The molecule has 0 saturated carbocycles. The molecule has 0 bridgehead atoms. The number of carbonyl (C=O) groups is 1. The van der Waals surface area contributed by atoms with Crippen LogP contribution in [0.15, 0.2) is 42.5 Å². The van der Waals surface area contributed by atoms with Crippen molar-refractivity contribution in [2.75, 3.05) is 7.11 Å². The van der Waals surface area contributed by atoms with E-state index in [9.17, 15) is 9.90 Å². The molecule has 0 unspecified atom stereocenters. The average Bonchev–Trinajstić information content (AvgIpc) is 2.83. The van der Waals surface area contributed by atoms with E-state index in [1.54, 1.807) is 12.1 Å². The highest BCUT2D eigenvalue weighted by Gasteiger charge is 2.14. The quantitative estimate of drug-likeness (QED) is 0.734. The third kappa shape index (κ3) is 2.22. The Balaban J connectivity index is 2.17. The molecule has 0 aliphatic rings. The van der Waals surface area contributed by atoms with Crippen LogP contribution in [0.25, 0.3) is 22.0 Å². The molecule has 0 radical (unpaired) electrons. The lowest BCUT2D eigenvalue weighted by atomic mass is 9.99.